The Hall–Kier alpha value is -5.70. The van der Waals surface area contributed by atoms with E-state index >= 15 is 0 Å². The highest BCUT2D eigenvalue weighted by molar-refractivity contribution is 6.00. The van der Waals surface area contributed by atoms with Crippen LogP contribution in [0.3, 0.4) is 0 Å². The highest BCUT2D eigenvalue weighted by atomic mass is 16.5. The summed E-state index contributed by atoms with van der Waals surface area (Å²) in [6.07, 6.45) is -0.844. The van der Waals surface area contributed by atoms with Crippen molar-refractivity contribution >= 4 is 40.5 Å². The van der Waals surface area contributed by atoms with Crippen LogP contribution in [0.1, 0.15) is 67.7 Å². The van der Waals surface area contributed by atoms with Gasteiger partial charge in [-0.25, -0.2) is 14.8 Å². The predicted molar refractivity (Wildman–Crippen MR) is 212 cm³/mol. The van der Waals surface area contributed by atoms with Gasteiger partial charge in [0, 0.05) is 31.1 Å². The quantitative estimate of drug-likeness (QED) is 0.0603. The molecule has 0 spiro atoms. The van der Waals surface area contributed by atoms with Crippen molar-refractivity contribution in [1.29, 1.82) is 0 Å². The summed E-state index contributed by atoms with van der Waals surface area (Å²) in [5.74, 6) is -4.10. The minimum absolute atomic E-state index is 0.0441. The number of alkyl carbamates (subject to hydrolysis) is 1. The van der Waals surface area contributed by atoms with E-state index in [1.807, 2.05) is 55.5 Å². The van der Waals surface area contributed by atoms with E-state index in [1.54, 1.807) is 61.3 Å². The van der Waals surface area contributed by atoms with E-state index in [0.29, 0.717) is 17.5 Å². The van der Waals surface area contributed by atoms with Gasteiger partial charge >= 0.3 is 6.09 Å². The van der Waals surface area contributed by atoms with Crippen LogP contribution in [0.5, 0.6) is 0 Å². The lowest BCUT2D eigenvalue weighted by Crippen LogP contribution is -2.58. The number of benzene rings is 3. The molecule has 0 saturated carbocycles. The van der Waals surface area contributed by atoms with Crippen molar-refractivity contribution in [3.05, 3.63) is 114 Å². The lowest BCUT2D eigenvalue weighted by molar-refractivity contribution is -0.137. The molecule has 5 atom stereocenters. The van der Waals surface area contributed by atoms with Crippen LogP contribution in [-0.4, -0.2) is 78.0 Å². The van der Waals surface area contributed by atoms with Gasteiger partial charge in [0.25, 0.3) is 11.8 Å². The summed E-state index contributed by atoms with van der Waals surface area (Å²) >= 11 is 0. The second-order valence-electron chi connectivity index (χ2n) is 13.9. The first-order chi connectivity index (χ1) is 26.9. The molecule has 0 fully saturated rings. The smallest absolute Gasteiger partial charge is 0.407 e. The van der Waals surface area contributed by atoms with E-state index < -0.39 is 66.2 Å². The molecule has 298 valence electrons. The zero-order chi connectivity index (χ0) is 40.6. The second kappa shape index (κ2) is 21.4. The molecule has 1 aromatic heterocycles. The highest BCUT2D eigenvalue weighted by Gasteiger charge is 2.41. The Morgan fingerprint density at radius 2 is 1.52 bits per heavy atom. The number of pyridine rings is 1. The maximum atomic E-state index is 15.0. The number of unbranched alkanes of at least 4 members (excludes halogenated alkanes) is 1. The van der Waals surface area contributed by atoms with Crippen molar-refractivity contribution in [3.8, 4) is 0 Å². The summed E-state index contributed by atoms with van der Waals surface area (Å²) in [7, 11) is 1.21. The summed E-state index contributed by atoms with van der Waals surface area (Å²) in [4.78, 5) is 71.7. The van der Waals surface area contributed by atoms with E-state index in [-0.39, 0.29) is 31.3 Å². The van der Waals surface area contributed by atoms with Gasteiger partial charge in [-0.1, -0.05) is 112 Å². The van der Waals surface area contributed by atoms with Crippen LogP contribution in [0.2, 0.25) is 0 Å². The second-order valence-corrected chi connectivity index (χ2v) is 13.9. The Balaban J connectivity index is 1.77. The van der Waals surface area contributed by atoms with Crippen LogP contribution < -0.4 is 27.5 Å². The fourth-order valence-electron chi connectivity index (χ4n) is 6.32. The number of hydrogen-bond donors (Lipinski definition) is 5. The number of amides is 4. The van der Waals surface area contributed by atoms with Gasteiger partial charge in [-0.15, -0.1) is 0 Å². The number of primary amides is 1. The molecule has 0 aliphatic heterocycles. The molecule has 0 aliphatic carbocycles. The lowest BCUT2D eigenvalue weighted by atomic mass is 9.81. The van der Waals surface area contributed by atoms with Crippen LogP contribution in [0.25, 0.3) is 10.9 Å². The standard InChI is InChI=1S/C42H53N7O7/c1-5-6-23-56-34(26-49(25-28-15-9-7-10-16-28)48-41(53)38(27(2)3)47-42(54)55-4)36(37(44)30-18-11-8-12-19-30)39(51)33(24-35(43)50)46-40(52)32-22-21-29-17-13-14-20-31(29)45-32/h7-22,27,33-34,36-38H,5-6,23-26,44H2,1-4H3,(H2,43,50)(H,46,52)(H,47,54)(H,48,53)/t33-,34?,36?,37?,38-/m0/s1. The van der Waals surface area contributed by atoms with Gasteiger partial charge in [0.2, 0.25) is 5.91 Å². The number of ketones is 1. The molecule has 0 radical (unpaired) electrons. The summed E-state index contributed by atoms with van der Waals surface area (Å²) < 4.78 is 11.3. The number of fused-ring (bicyclic) bond motifs is 1. The minimum Gasteiger partial charge on any atom is -0.453 e. The van der Waals surface area contributed by atoms with Crippen molar-refractivity contribution in [2.24, 2.45) is 23.3 Å². The molecule has 4 rings (SSSR count). The molecule has 14 heteroatoms. The van der Waals surface area contributed by atoms with Gasteiger partial charge in [-0.2, -0.15) is 0 Å². The molecule has 3 unspecified atom stereocenters. The van der Waals surface area contributed by atoms with E-state index in [1.165, 1.54) is 13.2 Å². The largest absolute Gasteiger partial charge is 0.453 e. The van der Waals surface area contributed by atoms with Crippen molar-refractivity contribution in [2.45, 2.75) is 70.8 Å². The molecular formula is C42H53N7O7. The fraction of sp³-hybridized carbons (Fsp3) is 0.381. The summed E-state index contributed by atoms with van der Waals surface area (Å²) in [6.45, 7) is 5.93. The van der Waals surface area contributed by atoms with Gasteiger partial charge in [0.05, 0.1) is 37.1 Å². The van der Waals surface area contributed by atoms with Gasteiger partial charge in [-0.05, 0) is 35.6 Å². The number of hydrazine groups is 1. The third-order valence-corrected chi connectivity index (χ3v) is 9.31. The first kappa shape index (κ1) is 43.0. The molecule has 14 nitrogen and oxygen atoms in total. The van der Waals surface area contributed by atoms with Crippen LogP contribution >= 0.6 is 0 Å². The Morgan fingerprint density at radius 3 is 2.16 bits per heavy atom. The molecule has 1 heterocycles. The topological polar surface area (TPSA) is 208 Å². The molecule has 3 aromatic carbocycles. The number of nitrogens with zero attached hydrogens (tertiary/aromatic N) is 2. The van der Waals surface area contributed by atoms with Gasteiger partial charge in [0.15, 0.2) is 5.78 Å². The average Bonchev–Trinajstić information content (AvgIpc) is 3.19. The average molecular weight is 768 g/mol. The molecule has 0 aliphatic rings. The van der Waals surface area contributed by atoms with Crippen molar-refractivity contribution in [1.82, 2.24) is 26.1 Å². The van der Waals surface area contributed by atoms with Crippen molar-refractivity contribution < 1.29 is 33.4 Å². The third kappa shape index (κ3) is 12.4. The first-order valence-corrected chi connectivity index (χ1v) is 18.8. The predicted octanol–water partition coefficient (Wildman–Crippen LogP) is 4.19. The maximum Gasteiger partial charge on any atom is 0.407 e. The monoisotopic (exact) mass is 767 g/mol. The Kier molecular flexibility index (Phi) is 16.4. The number of nitrogens with two attached hydrogens (primary N) is 2. The van der Waals surface area contributed by atoms with Crippen LogP contribution in [0.4, 0.5) is 4.79 Å². The zero-order valence-electron chi connectivity index (χ0n) is 32.4. The zero-order valence-corrected chi connectivity index (χ0v) is 32.4. The normalized spacial score (nSPS) is 14.0. The van der Waals surface area contributed by atoms with Gasteiger partial charge in [0.1, 0.15) is 11.7 Å². The van der Waals surface area contributed by atoms with E-state index in [0.717, 1.165) is 17.4 Å². The van der Waals surface area contributed by atoms with E-state index in [2.05, 4.69) is 21.0 Å². The Labute approximate surface area is 327 Å². The minimum atomic E-state index is -1.41. The van der Waals surface area contributed by atoms with Crippen LogP contribution in [-0.2, 0) is 30.4 Å². The molecule has 0 bridgehead atoms. The SMILES string of the molecule is CCCCOC(CN(Cc1ccccc1)NC(=O)[C@@H](NC(=O)OC)C(C)C)C(C(=O)[C@H](CC(N)=O)NC(=O)c1ccc2ccccc2n1)C(N)c1ccccc1. The summed E-state index contributed by atoms with van der Waals surface area (Å²) in [6, 6.07) is 25.5. The summed E-state index contributed by atoms with van der Waals surface area (Å²) in [5.41, 5.74) is 17.7. The van der Waals surface area contributed by atoms with Crippen molar-refractivity contribution in [3.63, 3.8) is 0 Å². The van der Waals surface area contributed by atoms with Crippen molar-refractivity contribution in [2.75, 3.05) is 20.3 Å². The third-order valence-electron chi connectivity index (χ3n) is 9.31. The maximum absolute atomic E-state index is 15.0. The molecular weight excluding hydrogens is 715 g/mol. The highest BCUT2D eigenvalue weighted by Crippen LogP contribution is 2.29. The fourth-order valence-corrected chi connectivity index (χ4v) is 6.32. The molecule has 7 N–H and O–H groups in total. The molecule has 4 aromatic rings. The lowest BCUT2D eigenvalue weighted by Gasteiger charge is -2.37. The van der Waals surface area contributed by atoms with Gasteiger partial charge < -0.3 is 31.6 Å². The Morgan fingerprint density at radius 1 is 0.857 bits per heavy atom. The number of aromatic nitrogens is 1. The number of hydrogen-bond acceptors (Lipinski definition) is 10. The number of Topliss-reactive ketones (excluding diaryl/α,β-unsaturated/α-hetero) is 1. The first-order valence-electron chi connectivity index (χ1n) is 18.8. The Bertz CT molecular complexity index is 1910. The number of ether oxygens (including phenoxy) is 2. The number of para-hydroxylation sites is 1. The molecule has 56 heavy (non-hydrogen) atoms. The molecule has 0 saturated heterocycles. The van der Waals surface area contributed by atoms with E-state index in [9.17, 15) is 24.0 Å². The number of carbonyl (C=O) groups excluding carboxylic acids is 5. The van der Waals surface area contributed by atoms with Gasteiger partial charge in [-0.3, -0.25) is 24.6 Å². The van der Waals surface area contributed by atoms with E-state index in [4.69, 9.17) is 20.9 Å². The molecule has 4 amide bonds. The number of rotatable bonds is 21. The number of nitrogens with one attached hydrogen (secondary N) is 3. The summed E-state index contributed by atoms with van der Waals surface area (Å²) in [5, 5.41) is 7.74. The van der Waals surface area contributed by atoms with Crippen LogP contribution in [0, 0.1) is 11.8 Å². The number of carbonyl (C=O) groups is 5. The number of methoxy groups -OCH3 is 1. The van der Waals surface area contributed by atoms with Crippen LogP contribution in [0.15, 0.2) is 97.1 Å².